The monoisotopic (exact) mass is 463 g/mol. The third kappa shape index (κ3) is 8.87. The zero-order valence-electron chi connectivity index (χ0n) is 15.9. The highest BCUT2D eigenvalue weighted by atomic mass is 127. The molecule has 0 aliphatic heterocycles. The third-order valence-corrected chi connectivity index (χ3v) is 4.63. The Balaban J connectivity index is 0.00000312. The lowest BCUT2D eigenvalue weighted by Crippen LogP contribution is -2.42. The fourth-order valence-corrected chi connectivity index (χ4v) is 3.29. The molecular weight excluding hydrogens is 429 g/mol. The summed E-state index contributed by atoms with van der Waals surface area (Å²) in [7, 11) is 0. The van der Waals surface area contributed by atoms with Crippen LogP contribution in [0.5, 0.6) is 0 Å². The van der Waals surface area contributed by atoms with Crippen molar-refractivity contribution in [3.8, 4) is 0 Å². The molecule has 1 aromatic rings. The Kier molecular flexibility index (Phi) is 11.1. The summed E-state index contributed by atoms with van der Waals surface area (Å²) in [5, 5.41) is 10.6. The van der Waals surface area contributed by atoms with Crippen LogP contribution in [-0.4, -0.2) is 35.2 Å². The van der Waals surface area contributed by atoms with Crippen LogP contribution in [-0.2, 0) is 6.42 Å². The highest BCUT2D eigenvalue weighted by Crippen LogP contribution is 2.27. The van der Waals surface area contributed by atoms with Crippen molar-refractivity contribution in [3.05, 3.63) is 11.7 Å². The molecule has 1 heterocycles. The van der Waals surface area contributed by atoms with E-state index in [4.69, 9.17) is 4.52 Å². The summed E-state index contributed by atoms with van der Waals surface area (Å²) < 4.78 is 5.12. The van der Waals surface area contributed by atoms with Gasteiger partial charge in [0, 0.05) is 19.0 Å². The molecule has 1 atom stereocenters. The topological polar surface area (TPSA) is 75.3 Å². The minimum absolute atomic E-state index is 0. The average molecular weight is 463 g/mol. The molecule has 0 bridgehead atoms. The summed E-state index contributed by atoms with van der Waals surface area (Å²) >= 11 is 0. The predicted molar refractivity (Wildman–Crippen MR) is 113 cm³/mol. The van der Waals surface area contributed by atoms with Gasteiger partial charge in [0.05, 0.1) is 6.54 Å². The molecule has 2 rings (SSSR count). The fourth-order valence-electron chi connectivity index (χ4n) is 3.29. The molecular formula is C18H34IN5O. The maximum absolute atomic E-state index is 5.12. The van der Waals surface area contributed by atoms with E-state index in [2.05, 4.69) is 39.6 Å². The normalized spacial score (nSPS) is 17.0. The van der Waals surface area contributed by atoms with Crippen molar-refractivity contribution in [2.75, 3.05) is 13.1 Å². The zero-order valence-corrected chi connectivity index (χ0v) is 18.2. The van der Waals surface area contributed by atoms with E-state index in [0.717, 1.165) is 18.4 Å². The Morgan fingerprint density at radius 3 is 2.72 bits per heavy atom. The van der Waals surface area contributed by atoms with Crippen molar-refractivity contribution in [1.29, 1.82) is 0 Å². The van der Waals surface area contributed by atoms with Crippen LogP contribution < -0.4 is 10.6 Å². The highest BCUT2D eigenvalue weighted by molar-refractivity contribution is 14.0. The third-order valence-electron chi connectivity index (χ3n) is 4.63. The number of aryl methyl sites for hydroxylation is 1. The van der Waals surface area contributed by atoms with E-state index in [1.54, 1.807) is 0 Å². The molecule has 0 aromatic carbocycles. The smallest absolute Gasteiger partial charge is 0.228 e. The van der Waals surface area contributed by atoms with E-state index in [1.165, 1.54) is 44.9 Å². The fraction of sp³-hybridized carbons (Fsp3) is 0.833. The van der Waals surface area contributed by atoms with Crippen LogP contribution in [0.25, 0.3) is 0 Å². The number of aromatic nitrogens is 2. The van der Waals surface area contributed by atoms with Crippen molar-refractivity contribution in [3.63, 3.8) is 0 Å². The molecule has 0 amide bonds. The molecule has 6 nitrogen and oxygen atoms in total. The molecule has 1 aliphatic carbocycles. The number of hydrogen-bond donors (Lipinski definition) is 2. The Bertz CT molecular complexity index is 499. The molecule has 0 radical (unpaired) electrons. The standard InChI is InChI=1S/C18H33N5O.HI/c1-4-19-18(20-13-12-17-22-15(3)23-24-17)21-14(2)10-11-16-8-6-5-7-9-16;/h14,16H,4-13H2,1-3H3,(H2,19,20,21);1H. The van der Waals surface area contributed by atoms with E-state index >= 15 is 0 Å². The molecule has 1 aromatic heterocycles. The quantitative estimate of drug-likeness (QED) is 0.348. The molecule has 0 saturated heterocycles. The minimum atomic E-state index is 0. The Labute approximate surface area is 169 Å². The van der Waals surface area contributed by atoms with Crippen LogP contribution in [0, 0.1) is 12.8 Å². The minimum Gasteiger partial charge on any atom is -0.357 e. The van der Waals surface area contributed by atoms with Gasteiger partial charge in [-0.2, -0.15) is 4.98 Å². The van der Waals surface area contributed by atoms with Gasteiger partial charge >= 0.3 is 0 Å². The molecule has 25 heavy (non-hydrogen) atoms. The lowest BCUT2D eigenvalue weighted by Gasteiger charge is -2.24. The van der Waals surface area contributed by atoms with Crippen LogP contribution in [0.15, 0.2) is 9.52 Å². The van der Waals surface area contributed by atoms with Gasteiger partial charge in [-0.3, -0.25) is 4.99 Å². The van der Waals surface area contributed by atoms with Crippen molar-refractivity contribution < 1.29 is 4.52 Å². The second-order valence-electron chi connectivity index (χ2n) is 6.87. The average Bonchev–Trinajstić information content (AvgIpc) is 2.99. The predicted octanol–water partition coefficient (Wildman–Crippen LogP) is 3.84. The Morgan fingerprint density at radius 1 is 1.32 bits per heavy atom. The van der Waals surface area contributed by atoms with Crippen LogP contribution in [0.3, 0.4) is 0 Å². The molecule has 2 N–H and O–H groups in total. The number of aliphatic imine (C=N–C) groups is 1. The lowest BCUT2D eigenvalue weighted by atomic mass is 9.85. The van der Waals surface area contributed by atoms with Crippen molar-refractivity contribution in [2.45, 2.75) is 78.2 Å². The first-order chi connectivity index (χ1) is 11.7. The SMILES string of the molecule is CCNC(=NCCc1nc(C)no1)NC(C)CCC1CCCCC1.I. The molecule has 1 fully saturated rings. The molecule has 1 unspecified atom stereocenters. The number of nitrogens with zero attached hydrogens (tertiary/aromatic N) is 3. The first-order valence-corrected chi connectivity index (χ1v) is 9.51. The van der Waals surface area contributed by atoms with E-state index in [-0.39, 0.29) is 24.0 Å². The first kappa shape index (κ1) is 22.2. The van der Waals surface area contributed by atoms with Crippen LogP contribution in [0.2, 0.25) is 0 Å². The van der Waals surface area contributed by atoms with Crippen LogP contribution in [0.1, 0.15) is 70.5 Å². The summed E-state index contributed by atoms with van der Waals surface area (Å²) in [5.74, 6) is 3.14. The van der Waals surface area contributed by atoms with Gasteiger partial charge in [-0.1, -0.05) is 37.3 Å². The Hall–Kier alpha value is -0.860. The Morgan fingerprint density at radius 2 is 2.08 bits per heavy atom. The van der Waals surface area contributed by atoms with Gasteiger partial charge in [-0.25, -0.2) is 0 Å². The van der Waals surface area contributed by atoms with Crippen molar-refractivity contribution in [1.82, 2.24) is 20.8 Å². The van der Waals surface area contributed by atoms with E-state index < -0.39 is 0 Å². The van der Waals surface area contributed by atoms with Gasteiger partial charge < -0.3 is 15.2 Å². The molecule has 1 saturated carbocycles. The highest BCUT2D eigenvalue weighted by Gasteiger charge is 2.15. The number of nitrogens with one attached hydrogen (secondary N) is 2. The number of guanidine groups is 1. The number of rotatable bonds is 8. The van der Waals surface area contributed by atoms with Gasteiger partial charge in [-0.15, -0.1) is 24.0 Å². The van der Waals surface area contributed by atoms with Crippen molar-refractivity contribution in [2.24, 2.45) is 10.9 Å². The number of hydrogen-bond acceptors (Lipinski definition) is 4. The molecule has 144 valence electrons. The maximum atomic E-state index is 5.12. The van der Waals surface area contributed by atoms with Gasteiger partial charge in [0.1, 0.15) is 0 Å². The van der Waals surface area contributed by atoms with Gasteiger partial charge in [0.15, 0.2) is 11.8 Å². The molecule has 7 heteroatoms. The molecule has 1 aliphatic rings. The van der Waals surface area contributed by atoms with Crippen LogP contribution in [0.4, 0.5) is 0 Å². The lowest BCUT2D eigenvalue weighted by molar-refractivity contribution is 0.322. The van der Waals surface area contributed by atoms with Gasteiger partial charge in [0.25, 0.3) is 0 Å². The first-order valence-electron chi connectivity index (χ1n) is 9.51. The largest absolute Gasteiger partial charge is 0.357 e. The van der Waals surface area contributed by atoms with Crippen LogP contribution >= 0.6 is 24.0 Å². The second kappa shape index (κ2) is 12.5. The summed E-state index contributed by atoms with van der Waals surface area (Å²) in [6.45, 7) is 7.67. The van der Waals surface area contributed by atoms with E-state index in [9.17, 15) is 0 Å². The zero-order chi connectivity index (χ0) is 17.2. The summed E-state index contributed by atoms with van der Waals surface area (Å²) in [5.41, 5.74) is 0. The number of halogens is 1. The summed E-state index contributed by atoms with van der Waals surface area (Å²) in [4.78, 5) is 8.83. The van der Waals surface area contributed by atoms with E-state index in [1.807, 2.05) is 6.92 Å². The maximum Gasteiger partial charge on any atom is 0.228 e. The second-order valence-corrected chi connectivity index (χ2v) is 6.87. The summed E-state index contributed by atoms with van der Waals surface area (Å²) in [6.07, 6.45) is 10.3. The summed E-state index contributed by atoms with van der Waals surface area (Å²) in [6, 6.07) is 0.440. The van der Waals surface area contributed by atoms with Gasteiger partial charge in [0.2, 0.25) is 5.89 Å². The molecule has 0 spiro atoms. The van der Waals surface area contributed by atoms with E-state index in [0.29, 0.717) is 30.7 Å². The van der Waals surface area contributed by atoms with Crippen molar-refractivity contribution >= 4 is 29.9 Å². The van der Waals surface area contributed by atoms with Gasteiger partial charge in [-0.05, 0) is 39.5 Å².